The second-order valence-corrected chi connectivity index (χ2v) is 4.39. The monoisotopic (exact) mass is 212 g/mol. The van der Waals surface area contributed by atoms with E-state index >= 15 is 0 Å². The lowest BCUT2D eigenvalue weighted by atomic mass is 10.2. The van der Waals surface area contributed by atoms with E-state index in [1.165, 1.54) is 4.88 Å². The summed E-state index contributed by atoms with van der Waals surface area (Å²) in [5.41, 5.74) is 5.04. The lowest BCUT2D eigenvalue weighted by Gasteiger charge is -2.11. The summed E-state index contributed by atoms with van der Waals surface area (Å²) in [7, 11) is 0. The van der Waals surface area contributed by atoms with Gasteiger partial charge in [0, 0.05) is 23.9 Å². The number of amides is 1. The Bertz CT molecular complexity index is 272. The highest BCUT2D eigenvalue weighted by Gasteiger charge is 2.03. The average molecular weight is 212 g/mol. The number of rotatable bonds is 6. The average Bonchev–Trinajstić information content (AvgIpc) is 2.56. The Balaban J connectivity index is 2.16. The molecule has 3 N–H and O–H groups in total. The quantitative estimate of drug-likeness (QED) is 0.743. The first-order valence-corrected chi connectivity index (χ1v) is 5.60. The van der Waals surface area contributed by atoms with Crippen LogP contribution < -0.4 is 11.1 Å². The topological polar surface area (TPSA) is 55.1 Å². The number of thiophene rings is 1. The number of hydrogen-bond acceptors (Lipinski definition) is 3. The van der Waals surface area contributed by atoms with Crippen LogP contribution in [0, 0.1) is 0 Å². The Morgan fingerprint density at radius 1 is 1.71 bits per heavy atom. The first kappa shape index (κ1) is 11.2. The first-order chi connectivity index (χ1) is 6.68. The van der Waals surface area contributed by atoms with Crippen molar-refractivity contribution in [2.45, 2.75) is 25.8 Å². The molecular formula is C10H16N2OS. The van der Waals surface area contributed by atoms with Crippen molar-refractivity contribution in [2.24, 2.45) is 5.73 Å². The molecule has 1 heterocycles. The smallest absolute Gasteiger partial charge is 0.218 e. The highest BCUT2D eigenvalue weighted by Crippen LogP contribution is 2.10. The molecule has 0 aromatic carbocycles. The van der Waals surface area contributed by atoms with E-state index in [2.05, 4.69) is 29.8 Å². The molecule has 1 amide bonds. The van der Waals surface area contributed by atoms with Crippen molar-refractivity contribution in [1.82, 2.24) is 5.32 Å². The third kappa shape index (κ3) is 4.39. The van der Waals surface area contributed by atoms with Crippen LogP contribution >= 0.6 is 11.3 Å². The van der Waals surface area contributed by atoms with E-state index in [0.29, 0.717) is 19.0 Å². The number of primary amides is 1. The molecule has 0 saturated heterocycles. The molecule has 1 atom stereocenters. The van der Waals surface area contributed by atoms with Crippen molar-refractivity contribution in [2.75, 3.05) is 6.54 Å². The lowest BCUT2D eigenvalue weighted by molar-refractivity contribution is -0.117. The highest BCUT2D eigenvalue weighted by atomic mass is 32.1. The molecule has 0 aliphatic carbocycles. The van der Waals surface area contributed by atoms with Crippen molar-refractivity contribution in [3.63, 3.8) is 0 Å². The molecule has 4 heteroatoms. The van der Waals surface area contributed by atoms with Gasteiger partial charge in [-0.25, -0.2) is 0 Å². The Morgan fingerprint density at radius 2 is 2.50 bits per heavy atom. The van der Waals surface area contributed by atoms with Crippen LogP contribution in [0.3, 0.4) is 0 Å². The first-order valence-electron chi connectivity index (χ1n) is 4.72. The highest BCUT2D eigenvalue weighted by molar-refractivity contribution is 7.09. The van der Waals surface area contributed by atoms with E-state index in [9.17, 15) is 4.79 Å². The Hall–Kier alpha value is -0.870. The van der Waals surface area contributed by atoms with E-state index in [0.717, 1.165) is 6.42 Å². The predicted octanol–water partition coefficient (Wildman–Crippen LogP) is 1.14. The minimum atomic E-state index is -0.249. The molecule has 0 radical (unpaired) electrons. The van der Waals surface area contributed by atoms with Crippen LogP contribution in [-0.2, 0) is 11.2 Å². The van der Waals surface area contributed by atoms with E-state index in [4.69, 9.17) is 5.73 Å². The summed E-state index contributed by atoms with van der Waals surface area (Å²) >= 11 is 1.76. The fourth-order valence-electron chi connectivity index (χ4n) is 1.24. The minimum Gasteiger partial charge on any atom is -0.370 e. The van der Waals surface area contributed by atoms with Gasteiger partial charge in [0.25, 0.3) is 0 Å². The predicted molar refractivity (Wildman–Crippen MR) is 59.3 cm³/mol. The summed E-state index contributed by atoms with van der Waals surface area (Å²) in [4.78, 5) is 11.8. The molecule has 78 valence electrons. The number of hydrogen-bond donors (Lipinski definition) is 2. The molecule has 0 aliphatic rings. The maximum Gasteiger partial charge on any atom is 0.218 e. The molecule has 1 unspecified atom stereocenters. The normalized spacial score (nSPS) is 12.6. The van der Waals surface area contributed by atoms with E-state index in [-0.39, 0.29) is 5.91 Å². The van der Waals surface area contributed by atoms with Gasteiger partial charge in [0.2, 0.25) is 5.91 Å². The molecule has 1 aromatic heterocycles. The zero-order valence-corrected chi connectivity index (χ0v) is 9.14. The van der Waals surface area contributed by atoms with Crippen molar-refractivity contribution in [3.05, 3.63) is 22.4 Å². The maximum atomic E-state index is 10.5. The van der Waals surface area contributed by atoms with Gasteiger partial charge < -0.3 is 11.1 Å². The Morgan fingerprint density at radius 3 is 3.07 bits per heavy atom. The summed E-state index contributed by atoms with van der Waals surface area (Å²) < 4.78 is 0. The second kappa shape index (κ2) is 5.78. The fraction of sp³-hybridized carbons (Fsp3) is 0.500. The van der Waals surface area contributed by atoms with E-state index in [1.807, 2.05) is 0 Å². The number of nitrogens with one attached hydrogen (secondary N) is 1. The number of carbonyl (C=O) groups is 1. The van der Waals surface area contributed by atoms with Crippen LogP contribution in [-0.4, -0.2) is 18.5 Å². The van der Waals surface area contributed by atoms with Crippen molar-refractivity contribution in [3.8, 4) is 0 Å². The minimum absolute atomic E-state index is 0.249. The van der Waals surface area contributed by atoms with Crippen LogP contribution in [0.25, 0.3) is 0 Å². The zero-order chi connectivity index (χ0) is 10.4. The summed E-state index contributed by atoms with van der Waals surface area (Å²) in [5, 5.41) is 5.33. The van der Waals surface area contributed by atoms with Crippen LogP contribution in [0.15, 0.2) is 17.5 Å². The maximum absolute atomic E-state index is 10.5. The van der Waals surface area contributed by atoms with Crippen LogP contribution in [0.2, 0.25) is 0 Å². The SMILES string of the molecule is CC(Cc1cccs1)NCCC(N)=O. The molecular weight excluding hydrogens is 196 g/mol. The van der Waals surface area contributed by atoms with Crippen LogP contribution in [0.1, 0.15) is 18.2 Å². The molecule has 0 bridgehead atoms. The second-order valence-electron chi connectivity index (χ2n) is 3.35. The molecule has 0 spiro atoms. The van der Waals surface area contributed by atoms with Gasteiger partial charge in [-0.1, -0.05) is 6.07 Å². The summed E-state index contributed by atoms with van der Waals surface area (Å²) in [6, 6.07) is 4.57. The van der Waals surface area contributed by atoms with Crippen molar-refractivity contribution >= 4 is 17.2 Å². The van der Waals surface area contributed by atoms with Gasteiger partial charge in [0.15, 0.2) is 0 Å². The number of carbonyl (C=O) groups excluding carboxylic acids is 1. The van der Waals surface area contributed by atoms with Gasteiger partial charge in [-0.3, -0.25) is 4.79 Å². The van der Waals surface area contributed by atoms with Gasteiger partial charge >= 0.3 is 0 Å². The summed E-state index contributed by atoms with van der Waals surface area (Å²) in [6.45, 7) is 2.78. The third-order valence-electron chi connectivity index (χ3n) is 1.95. The zero-order valence-electron chi connectivity index (χ0n) is 8.32. The molecule has 0 aliphatic heterocycles. The summed E-state index contributed by atoms with van der Waals surface area (Å²) in [6.07, 6.45) is 1.42. The van der Waals surface area contributed by atoms with E-state index < -0.39 is 0 Å². The lowest BCUT2D eigenvalue weighted by Crippen LogP contribution is -2.31. The molecule has 3 nitrogen and oxygen atoms in total. The number of nitrogens with two attached hydrogens (primary N) is 1. The Kier molecular flexibility index (Phi) is 4.62. The molecule has 0 fully saturated rings. The van der Waals surface area contributed by atoms with Gasteiger partial charge in [-0.05, 0) is 24.8 Å². The van der Waals surface area contributed by atoms with E-state index in [1.54, 1.807) is 11.3 Å². The van der Waals surface area contributed by atoms with Gasteiger partial charge in [-0.15, -0.1) is 11.3 Å². The molecule has 1 rings (SSSR count). The van der Waals surface area contributed by atoms with Crippen LogP contribution in [0.4, 0.5) is 0 Å². The van der Waals surface area contributed by atoms with Crippen molar-refractivity contribution < 1.29 is 4.79 Å². The van der Waals surface area contributed by atoms with Crippen molar-refractivity contribution in [1.29, 1.82) is 0 Å². The summed E-state index contributed by atoms with van der Waals surface area (Å²) in [5.74, 6) is -0.249. The molecule has 0 saturated carbocycles. The molecule has 1 aromatic rings. The van der Waals surface area contributed by atoms with Gasteiger partial charge in [0.1, 0.15) is 0 Å². The third-order valence-corrected chi connectivity index (χ3v) is 2.85. The Labute approximate surface area is 88.3 Å². The largest absolute Gasteiger partial charge is 0.370 e. The standard InChI is InChI=1S/C10H16N2OS/c1-8(12-5-4-10(11)13)7-9-3-2-6-14-9/h2-3,6,8,12H,4-5,7H2,1H3,(H2,11,13). The van der Waals surface area contributed by atoms with Crippen LogP contribution in [0.5, 0.6) is 0 Å². The molecule has 14 heavy (non-hydrogen) atoms. The fourth-order valence-corrected chi connectivity index (χ4v) is 2.08. The van der Waals surface area contributed by atoms with Gasteiger partial charge in [-0.2, -0.15) is 0 Å². The van der Waals surface area contributed by atoms with Gasteiger partial charge in [0.05, 0.1) is 0 Å².